The Bertz CT molecular complexity index is 325. The van der Waals surface area contributed by atoms with E-state index in [0.717, 1.165) is 32.1 Å². The summed E-state index contributed by atoms with van der Waals surface area (Å²) in [5.74, 6) is 0.754. The van der Waals surface area contributed by atoms with E-state index in [4.69, 9.17) is 0 Å². The number of hydrogen-bond donors (Lipinski definition) is 1. The van der Waals surface area contributed by atoms with Gasteiger partial charge in [0.2, 0.25) is 0 Å². The first kappa shape index (κ1) is 12.5. The van der Waals surface area contributed by atoms with E-state index >= 15 is 0 Å². The molecule has 17 heavy (non-hydrogen) atoms. The van der Waals surface area contributed by atoms with Crippen molar-refractivity contribution in [2.75, 3.05) is 19.6 Å². The van der Waals surface area contributed by atoms with E-state index in [0.29, 0.717) is 6.04 Å². The molecule has 0 bridgehead atoms. The summed E-state index contributed by atoms with van der Waals surface area (Å²) in [4.78, 5) is 6.69. The van der Waals surface area contributed by atoms with E-state index in [1.807, 2.05) is 12.4 Å². The molecule has 0 spiro atoms. The van der Waals surface area contributed by atoms with Gasteiger partial charge in [-0.25, -0.2) is 0 Å². The van der Waals surface area contributed by atoms with Crippen molar-refractivity contribution in [2.45, 2.75) is 32.9 Å². The van der Waals surface area contributed by atoms with Crippen LogP contribution in [-0.2, 0) is 6.54 Å². The van der Waals surface area contributed by atoms with Gasteiger partial charge in [0.05, 0.1) is 0 Å². The van der Waals surface area contributed by atoms with Gasteiger partial charge in [0, 0.05) is 44.6 Å². The van der Waals surface area contributed by atoms with Crippen molar-refractivity contribution >= 4 is 0 Å². The first-order chi connectivity index (χ1) is 8.31. The quantitative estimate of drug-likeness (QED) is 0.861. The lowest BCUT2D eigenvalue weighted by Gasteiger charge is -2.39. The third-order valence-corrected chi connectivity index (χ3v) is 3.83. The summed E-state index contributed by atoms with van der Waals surface area (Å²) in [6.45, 7) is 9.08. The van der Waals surface area contributed by atoms with Gasteiger partial charge in [-0.05, 0) is 23.6 Å². The Hall–Kier alpha value is -0.930. The van der Waals surface area contributed by atoms with E-state index in [1.165, 1.54) is 12.0 Å². The second-order valence-electron chi connectivity index (χ2n) is 4.98. The van der Waals surface area contributed by atoms with Crippen LogP contribution in [0.25, 0.3) is 0 Å². The molecule has 1 aromatic heterocycles. The maximum atomic E-state index is 4.08. The van der Waals surface area contributed by atoms with Crippen molar-refractivity contribution in [1.82, 2.24) is 15.2 Å². The SMILES string of the molecule is CCC(C)C1CNCCN1Cc1ccncc1. The highest BCUT2D eigenvalue weighted by Gasteiger charge is 2.25. The Morgan fingerprint density at radius 1 is 1.47 bits per heavy atom. The van der Waals surface area contributed by atoms with E-state index in [1.54, 1.807) is 0 Å². The van der Waals surface area contributed by atoms with Crippen molar-refractivity contribution in [3.05, 3.63) is 30.1 Å². The van der Waals surface area contributed by atoms with Crippen LogP contribution < -0.4 is 5.32 Å². The molecular formula is C14H23N3. The maximum Gasteiger partial charge on any atom is 0.0271 e. The largest absolute Gasteiger partial charge is 0.314 e. The van der Waals surface area contributed by atoms with Crippen LogP contribution in [0, 0.1) is 5.92 Å². The summed E-state index contributed by atoms with van der Waals surface area (Å²) in [5.41, 5.74) is 1.37. The molecule has 2 unspecified atom stereocenters. The minimum absolute atomic E-state index is 0.668. The van der Waals surface area contributed by atoms with Crippen LogP contribution in [0.3, 0.4) is 0 Å². The number of nitrogens with zero attached hydrogens (tertiary/aromatic N) is 2. The van der Waals surface area contributed by atoms with Crippen LogP contribution in [0.4, 0.5) is 0 Å². The molecule has 0 aliphatic carbocycles. The topological polar surface area (TPSA) is 28.2 Å². The predicted octanol–water partition coefficient (Wildman–Crippen LogP) is 1.90. The fraction of sp³-hybridized carbons (Fsp3) is 0.643. The molecule has 3 nitrogen and oxygen atoms in total. The van der Waals surface area contributed by atoms with Crippen molar-refractivity contribution in [3.8, 4) is 0 Å². The minimum atomic E-state index is 0.668. The van der Waals surface area contributed by atoms with Gasteiger partial charge >= 0.3 is 0 Å². The Kier molecular flexibility index (Phi) is 4.51. The highest BCUT2D eigenvalue weighted by molar-refractivity contribution is 5.10. The summed E-state index contributed by atoms with van der Waals surface area (Å²) in [7, 11) is 0. The molecule has 0 saturated carbocycles. The second kappa shape index (κ2) is 6.12. The zero-order valence-corrected chi connectivity index (χ0v) is 10.9. The van der Waals surface area contributed by atoms with Crippen LogP contribution in [0.1, 0.15) is 25.8 Å². The van der Waals surface area contributed by atoms with Crippen molar-refractivity contribution in [2.24, 2.45) is 5.92 Å². The van der Waals surface area contributed by atoms with Crippen LogP contribution in [0.2, 0.25) is 0 Å². The first-order valence-electron chi connectivity index (χ1n) is 6.65. The zero-order chi connectivity index (χ0) is 12.1. The monoisotopic (exact) mass is 233 g/mol. The molecule has 94 valence electrons. The molecule has 1 aromatic rings. The highest BCUT2D eigenvalue weighted by Crippen LogP contribution is 2.18. The fourth-order valence-electron chi connectivity index (χ4n) is 2.52. The smallest absolute Gasteiger partial charge is 0.0271 e. The number of rotatable bonds is 4. The molecule has 1 N–H and O–H groups in total. The van der Waals surface area contributed by atoms with Crippen LogP contribution >= 0.6 is 0 Å². The predicted molar refractivity (Wildman–Crippen MR) is 70.8 cm³/mol. The number of nitrogens with one attached hydrogen (secondary N) is 1. The lowest BCUT2D eigenvalue weighted by Crippen LogP contribution is -2.53. The van der Waals surface area contributed by atoms with Gasteiger partial charge in [0.25, 0.3) is 0 Å². The third kappa shape index (κ3) is 3.27. The Balaban J connectivity index is 2.01. The Labute approximate surface area is 104 Å². The summed E-state index contributed by atoms with van der Waals surface area (Å²) < 4.78 is 0. The van der Waals surface area contributed by atoms with E-state index < -0.39 is 0 Å². The lowest BCUT2D eigenvalue weighted by molar-refractivity contribution is 0.109. The minimum Gasteiger partial charge on any atom is -0.314 e. The molecular weight excluding hydrogens is 210 g/mol. The molecule has 0 aromatic carbocycles. The van der Waals surface area contributed by atoms with Gasteiger partial charge in [-0.3, -0.25) is 9.88 Å². The molecule has 2 rings (SSSR count). The van der Waals surface area contributed by atoms with Gasteiger partial charge in [-0.1, -0.05) is 20.3 Å². The summed E-state index contributed by atoms with van der Waals surface area (Å²) in [6, 6.07) is 4.91. The molecule has 1 fully saturated rings. The molecule has 1 aliphatic rings. The maximum absolute atomic E-state index is 4.08. The van der Waals surface area contributed by atoms with Crippen molar-refractivity contribution < 1.29 is 0 Å². The van der Waals surface area contributed by atoms with Crippen molar-refractivity contribution in [3.63, 3.8) is 0 Å². The summed E-state index contributed by atoms with van der Waals surface area (Å²) in [5, 5.41) is 3.51. The standard InChI is InChI=1S/C14H23N3/c1-3-12(2)14-10-16-8-9-17(14)11-13-4-6-15-7-5-13/h4-7,12,14,16H,3,8-11H2,1-2H3. The molecule has 3 heteroatoms. The average molecular weight is 233 g/mol. The number of hydrogen-bond acceptors (Lipinski definition) is 3. The van der Waals surface area contributed by atoms with Gasteiger partial charge in [0.1, 0.15) is 0 Å². The normalized spacial score (nSPS) is 23.5. The van der Waals surface area contributed by atoms with Crippen LogP contribution in [0.15, 0.2) is 24.5 Å². The van der Waals surface area contributed by atoms with E-state index in [2.05, 4.69) is 41.2 Å². The van der Waals surface area contributed by atoms with Gasteiger partial charge in [-0.15, -0.1) is 0 Å². The third-order valence-electron chi connectivity index (χ3n) is 3.83. The molecule has 0 radical (unpaired) electrons. The average Bonchev–Trinajstić information content (AvgIpc) is 2.40. The van der Waals surface area contributed by atoms with E-state index in [-0.39, 0.29) is 0 Å². The fourth-order valence-corrected chi connectivity index (χ4v) is 2.52. The number of pyridine rings is 1. The zero-order valence-electron chi connectivity index (χ0n) is 10.9. The van der Waals surface area contributed by atoms with Crippen LogP contribution in [0.5, 0.6) is 0 Å². The van der Waals surface area contributed by atoms with Gasteiger partial charge in [0.15, 0.2) is 0 Å². The van der Waals surface area contributed by atoms with Gasteiger partial charge in [-0.2, -0.15) is 0 Å². The summed E-state index contributed by atoms with van der Waals surface area (Å²) >= 11 is 0. The molecule has 2 atom stereocenters. The molecule has 2 heterocycles. The van der Waals surface area contributed by atoms with Crippen molar-refractivity contribution in [1.29, 1.82) is 0 Å². The molecule has 1 aliphatic heterocycles. The highest BCUT2D eigenvalue weighted by atomic mass is 15.2. The number of piperazine rings is 1. The van der Waals surface area contributed by atoms with Gasteiger partial charge < -0.3 is 5.32 Å². The number of aromatic nitrogens is 1. The summed E-state index contributed by atoms with van der Waals surface area (Å²) in [6.07, 6.45) is 5.02. The Morgan fingerprint density at radius 3 is 2.94 bits per heavy atom. The first-order valence-corrected chi connectivity index (χ1v) is 6.65. The molecule has 0 amide bonds. The second-order valence-corrected chi connectivity index (χ2v) is 4.98. The Morgan fingerprint density at radius 2 is 2.24 bits per heavy atom. The van der Waals surface area contributed by atoms with Crippen LogP contribution in [-0.4, -0.2) is 35.6 Å². The molecule has 1 saturated heterocycles. The lowest BCUT2D eigenvalue weighted by atomic mass is 9.95. The van der Waals surface area contributed by atoms with E-state index in [9.17, 15) is 0 Å².